The van der Waals surface area contributed by atoms with Crippen molar-refractivity contribution in [3.05, 3.63) is 60.3 Å². The normalized spacial score (nSPS) is 10.7. The zero-order valence-corrected chi connectivity index (χ0v) is 13.7. The lowest BCUT2D eigenvalue weighted by atomic mass is 10.1. The molecule has 0 aromatic carbocycles. The number of unbranched alkanes of at least 4 members (excludes halogenated alkanes) is 1. The number of hydrogen-bond donors (Lipinski definition) is 1. The Balaban J connectivity index is 1.44. The second-order valence-corrected chi connectivity index (χ2v) is 5.43. The molecule has 3 aromatic heterocycles. The molecule has 0 atom stereocenters. The fraction of sp³-hybridized carbons (Fsp3) is 0.235. The van der Waals surface area contributed by atoms with Crippen LogP contribution in [0.1, 0.15) is 29.0 Å². The first-order valence-electron chi connectivity index (χ1n) is 7.96. The number of aryl methyl sites for hydroxylation is 1. The minimum atomic E-state index is -1.17. The van der Waals surface area contributed by atoms with E-state index in [1.165, 1.54) is 11.0 Å². The minimum absolute atomic E-state index is 0.156. The van der Waals surface area contributed by atoms with Crippen molar-refractivity contribution in [3.63, 3.8) is 0 Å². The summed E-state index contributed by atoms with van der Waals surface area (Å²) in [6, 6.07) is 5.83. The van der Waals surface area contributed by atoms with Crippen molar-refractivity contribution in [2.24, 2.45) is 0 Å². The molecule has 9 heteroatoms. The van der Waals surface area contributed by atoms with Gasteiger partial charge < -0.3 is 9.84 Å². The SMILES string of the molecule is O=C(O)c1ccc(F)c(CCCCOc2ccc(-n3cncn3)nc2)n1. The van der Waals surface area contributed by atoms with E-state index in [0.717, 1.165) is 12.1 Å². The molecule has 0 bridgehead atoms. The second kappa shape index (κ2) is 8.15. The van der Waals surface area contributed by atoms with Crippen LogP contribution < -0.4 is 4.74 Å². The monoisotopic (exact) mass is 357 g/mol. The van der Waals surface area contributed by atoms with Gasteiger partial charge in [0.2, 0.25) is 0 Å². The van der Waals surface area contributed by atoms with Crippen LogP contribution in [-0.4, -0.2) is 42.4 Å². The molecule has 0 unspecified atom stereocenters. The number of aromatic nitrogens is 5. The van der Waals surface area contributed by atoms with Crippen LogP contribution >= 0.6 is 0 Å². The quantitative estimate of drug-likeness (QED) is 0.617. The first-order valence-corrected chi connectivity index (χ1v) is 7.96. The molecule has 1 N–H and O–H groups in total. The molecule has 0 spiro atoms. The van der Waals surface area contributed by atoms with Gasteiger partial charge in [-0.2, -0.15) is 5.10 Å². The van der Waals surface area contributed by atoms with E-state index in [9.17, 15) is 9.18 Å². The average molecular weight is 357 g/mol. The van der Waals surface area contributed by atoms with Gasteiger partial charge in [-0.25, -0.2) is 28.8 Å². The van der Waals surface area contributed by atoms with Crippen LogP contribution in [0.2, 0.25) is 0 Å². The number of halogens is 1. The Morgan fingerprint density at radius 2 is 2.12 bits per heavy atom. The molecule has 0 saturated heterocycles. The summed E-state index contributed by atoms with van der Waals surface area (Å²) in [5, 5.41) is 12.9. The topological polar surface area (TPSA) is 103 Å². The van der Waals surface area contributed by atoms with E-state index >= 15 is 0 Å². The minimum Gasteiger partial charge on any atom is -0.492 e. The number of hydrogen-bond acceptors (Lipinski definition) is 6. The van der Waals surface area contributed by atoms with Gasteiger partial charge >= 0.3 is 5.97 Å². The van der Waals surface area contributed by atoms with E-state index in [2.05, 4.69) is 20.1 Å². The lowest BCUT2D eigenvalue weighted by Crippen LogP contribution is -2.06. The van der Waals surface area contributed by atoms with Crippen molar-refractivity contribution in [1.29, 1.82) is 0 Å². The number of carboxylic acid groups (broad SMARTS) is 1. The molecule has 3 aromatic rings. The summed E-state index contributed by atoms with van der Waals surface area (Å²) in [5.74, 6) is -0.416. The fourth-order valence-electron chi connectivity index (χ4n) is 2.28. The first-order chi connectivity index (χ1) is 12.6. The van der Waals surface area contributed by atoms with Gasteiger partial charge in [-0.15, -0.1) is 0 Å². The highest BCUT2D eigenvalue weighted by molar-refractivity contribution is 5.85. The molecule has 134 valence electrons. The summed E-state index contributed by atoms with van der Waals surface area (Å²) < 4.78 is 20.8. The molecule has 26 heavy (non-hydrogen) atoms. The fourth-order valence-corrected chi connectivity index (χ4v) is 2.28. The lowest BCUT2D eigenvalue weighted by molar-refractivity contribution is 0.0690. The molecule has 0 aliphatic rings. The van der Waals surface area contributed by atoms with Crippen LogP contribution in [0.4, 0.5) is 4.39 Å². The summed E-state index contributed by atoms with van der Waals surface area (Å²) in [5.41, 5.74) is -0.0000484. The van der Waals surface area contributed by atoms with Crippen LogP contribution in [0, 0.1) is 5.82 Å². The third-order valence-electron chi connectivity index (χ3n) is 3.59. The number of aromatic carboxylic acids is 1. The number of ether oxygens (including phenoxy) is 1. The molecule has 3 rings (SSSR count). The highest BCUT2D eigenvalue weighted by atomic mass is 19.1. The van der Waals surface area contributed by atoms with Gasteiger partial charge in [0.05, 0.1) is 18.5 Å². The average Bonchev–Trinajstić information content (AvgIpc) is 3.18. The summed E-state index contributed by atoms with van der Waals surface area (Å²) in [4.78, 5) is 22.8. The molecule has 0 saturated carbocycles. The smallest absolute Gasteiger partial charge is 0.354 e. The number of rotatable bonds is 8. The van der Waals surface area contributed by atoms with Gasteiger partial charge in [-0.3, -0.25) is 0 Å². The Labute approximate surface area is 148 Å². The van der Waals surface area contributed by atoms with E-state index in [1.807, 2.05) is 0 Å². The van der Waals surface area contributed by atoms with Gasteiger partial charge in [-0.1, -0.05) is 0 Å². The van der Waals surface area contributed by atoms with E-state index in [4.69, 9.17) is 9.84 Å². The second-order valence-electron chi connectivity index (χ2n) is 5.43. The Kier molecular flexibility index (Phi) is 5.47. The molecular formula is C17H16FN5O3. The summed E-state index contributed by atoms with van der Waals surface area (Å²) in [6.45, 7) is 0.435. The Morgan fingerprint density at radius 1 is 1.23 bits per heavy atom. The van der Waals surface area contributed by atoms with Gasteiger partial charge in [0.1, 0.15) is 29.9 Å². The Morgan fingerprint density at radius 3 is 2.81 bits per heavy atom. The molecule has 0 aliphatic carbocycles. The van der Waals surface area contributed by atoms with Crippen molar-refractivity contribution in [2.75, 3.05) is 6.61 Å². The van der Waals surface area contributed by atoms with E-state index in [-0.39, 0.29) is 11.4 Å². The standard InChI is InChI=1S/C17H16FN5O3/c18-13-5-6-15(17(24)25)22-14(13)3-1-2-8-26-12-4-7-16(20-9-12)23-11-19-10-21-23/h4-7,9-11H,1-3,8H2,(H,24,25). The van der Waals surface area contributed by atoms with Gasteiger partial charge in [-0.05, 0) is 43.5 Å². The van der Waals surface area contributed by atoms with Gasteiger partial charge in [0.25, 0.3) is 0 Å². The van der Waals surface area contributed by atoms with E-state index in [1.54, 1.807) is 24.7 Å². The maximum atomic E-state index is 13.7. The van der Waals surface area contributed by atoms with Crippen molar-refractivity contribution in [2.45, 2.75) is 19.3 Å². The highest BCUT2D eigenvalue weighted by Gasteiger charge is 2.10. The van der Waals surface area contributed by atoms with Gasteiger partial charge in [0.15, 0.2) is 5.82 Å². The number of carboxylic acids is 1. The molecule has 8 nitrogen and oxygen atoms in total. The summed E-state index contributed by atoms with van der Waals surface area (Å²) >= 11 is 0. The Bertz CT molecular complexity index is 869. The van der Waals surface area contributed by atoms with Crippen LogP contribution in [0.3, 0.4) is 0 Å². The number of carbonyl (C=O) groups is 1. The zero-order valence-electron chi connectivity index (χ0n) is 13.7. The van der Waals surface area contributed by atoms with Crippen LogP contribution in [0.5, 0.6) is 5.75 Å². The molecule has 0 aliphatic heterocycles. The first kappa shape index (κ1) is 17.5. The third kappa shape index (κ3) is 4.38. The van der Waals surface area contributed by atoms with Crippen molar-refractivity contribution in [1.82, 2.24) is 24.7 Å². The maximum Gasteiger partial charge on any atom is 0.354 e. The molecule has 3 heterocycles. The summed E-state index contributed by atoms with van der Waals surface area (Å²) in [7, 11) is 0. The van der Waals surface area contributed by atoms with Crippen LogP contribution in [0.15, 0.2) is 43.1 Å². The van der Waals surface area contributed by atoms with Crippen molar-refractivity contribution < 1.29 is 19.0 Å². The van der Waals surface area contributed by atoms with Gasteiger partial charge in [0, 0.05) is 0 Å². The van der Waals surface area contributed by atoms with Crippen molar-refractivity contribution in [3.8, 4) is 11.6 Å². The van der Waals surface area contributed by atoms with Crippen LogP contribution in [-0.2, 0) is 6.42 Å². The van der Waals surface area contributed by atoms with E-state index < -0.39 is 11.8 Å². The van der Waals surface area contributed by atoms with Crippen molar-refractivity contribution >= 4 is 5.97 Å². The highest BCUT2D eigenvalue weighted by Crippen LogP contribution is 2.13. The number of pyridine rings is 2. The zero-order chi connectivity index (χ0) is 18.4. The Hall–Kier alpha value is -3.36. The predicted molar refractivity (Wildman–Crippen MR) is 88.7 cm³/mol. The molecule has 0 amide bonds. The largest absolute Gasteiger partial charge is 0.492 e. The molecular weight excluding hydrogens is 341 g/mol. The lowest BCUT2D eigenvalue weighted by Gasteiger charge is -2.07. The number of nitrogens with zero attached hydrogens (tertiary/aromatic N) is 5. The maximum absolute atomic E-state index is 13.7. The van der Waals surface area contributed by atoms with E-state index in [0.29, 0.717) is 37.4 Å². The third-order valence-corrected chi connectivity index (χ3v) is 3.59. The predicted octanol–water partition coefficient (Wildman–Crippen LogP) is 2.30. The summed E-state index contributed by atoms with van der Waals surface area (Å²) in [6.07, 6.45) is 6.21. The molecule has 0 fully saturated rings. The molecule has 0 radical (unpaired) electrons. The van der Waals surface area contributed by atoms with Crippen LogP contribution in [0.25, 0.3) is 5.82 Å².